The van der Waals surface area contributed by atoms with Crippen LogP contribution in [0.1, 0.15) is 24.1 Å². The van der Waals surface area contributed by atoms with Crippen LogP contribution < -0.4 is 5.32 Å². The van der Waals surface area contributed by atoms with Crippen molar-refractivity contribution < 1.29 is 4.74 Å². The summed E-state index contributed by atoms with van der Waals surface area (Å²) in [6.45, 7) is 8.20. The first-order valence-electron chi connectivity index (χ1n) is 11.6. The Labute approximate surface area is 215 Å². The number of nitrogens with one attached hydrogen (secondary N) is 1. The highest BCUT2D eigenvalue weighted by molar-refractivity contribution is 14.0. The zero-order valence-corrected chi connectivity index (χ0v) is 22.6. The van der Waals surface area contributed by atoms with Crippen molar-refractivity contribution in [2.75, 3.05) is 53.4 Å². The molecule has 2 aliphatic heterocycles. The largest absolute Gasteiger partial charge is 0.373 e. The molecule has 8 nitrogen and oxygen atoms in total. The third-order valence-electron chi connectivity index (χ3n) is 6.43. The van der Waals surface area contributed by atoms with Crippen molar-refractivity contribution in [3.05, 3.63) is 53.9 Å². The van der Waals surface area contributed by atoms with Crippen LogP contribution >= 0.6 is 24.0 Å². The Balaban J connectivity index is 0.00000306. The van der Waals surface area contributed by atoms with Crippen molar-refractivity contribution in [2.45, 2.75) is 31.7 Å². The number of likely N-dealkylation sites (tertiary alicyclic amines) is 1. The molecule has 33 heavy (non-hydrogen) atoms. The number of halogens is 1. The van der Waals surface area contributed by atoms with Crippen molar-refractivity contribution in [1.82, 2.24) is 29.8 Å². The summed E-state index contributed by atoms with van der Waals surface area (Å²) in [7, 11) is 6.15. The second kappa shape index (κ2) is 12.1. The number of fused-ring (bicyclic) bond motifs is 1. The maximum atomic E-state index is 6.18. The highest BCUT2D eigenvalue weighted by atomic mass is 127. The maximum Gasteiger partial charge on any atom is 0.194 e. The Bertz CT molecular complexity index is 888. The van der Waals surface area contributed by atoms with Crippen LogP contribution in [0.2, 0.25) is 0 Å². The number of nitrogens with zero attached hydrogens (tertiary/aromatic N) is 6. The number of guanidine groups is 1. The molecule has 0 amide bonds. The third kappa shape index (κ3) is 6.46. The average molecular weight is 568 g/mol. The quantitative estimate of drug-likeness (QED) is 0.315. The average Bonchev–Trinajstić information content (AvgIpc) is 3.41. The van der Waals surface area contributed by atoms with Gasteiger partial charge in [0.2, 0.25) is 0 Å². The van der Waals surface area contributed by atoms with Crippen LogP contribution in [-0.2, 0) is 18.3 Å². The topological polar surface area (TPSA) is 61.2 Å². The number of hydrogen-bond donors (Lipinski definition) is 1. The van der Waals surface area contributed by atoms with Gasteiger partial charge in [0.1, 0.15) is 0 Å². The fourth-order valence-corrected chi connectivity index (χ4v) is 4.72. The maximum absolute atomic E-state index is 6.18. The normalized spacial score (nSPS) is 22.2. The Morgan fingerprint density at radius 3 is 2.73 bits per heavy atom. The highest BCUT2D eigenvalue weighted by Gasteiger charge is 2.41. The minimum Gasteiger partial charge on any atom is -0.373 e. The zero-order chi connectivity index (χ0) is 22.5. The van der Waals surface area contributed by atoms with Gasteiger partial charge in [-0.1, -0.05) is 30.3 Å². The Morgan fingerprint density at radius 1 is 1.27 bits per heavy atom. The molecular formula is C24H38IN7O. The van der Waals surface area contributed by atoms with Crippen LogP contribution in [0.4, 0.5) is 0 Å². The van der Waals surface area contributed by atoms with E-state index in [4.69, 9.17) is 9.73 Å². The van der Waals surface area contributed by atoms with E-state index in [2.05, 4.69) is 82.7 Å². The fourth-order valence-electron chi connectivity index (χ4n) is 4.72. The lowest BCUT2D eigenvalue weighted by molar-refractivity contribution is -0.0502. The predicted octanol–water partition coefficient (Wildman–Crippen LogP) is 2.19. The summed E-state index contributed by atoms with van der Waals surface area (Å²) in [6.07, 6.45) is 4.24. The summed E-state index contributed by atoms with van der Waals surface area (Å²) in [5, 5.41) is 7.86. The van der Waals surface area contributed by atoms with E-state index in [1.54, 1.807) is 0 Å². The van der Waals surface area contributed by atoms with Gasteiger partial charge in [0, 0.05) is 51.5 Å². The van der Waals surface area contributed by atoms with Gasteiger partial charge in [-0.05, 0) is 26.6 Å². The molecule has 1 aromatic carbocycles. The van der Waals surface area contributed by atoms with E-state index in [0.717, 1.165) is 45.3 Å². The third-order valence-corrected chi connectivity index (χ3v) is 6.43. The molecule has 4 rings (SSSR count). The van der Waals surface area contributed by atoms with Gasteiger partial charge in [0.15, 0.2) is 5.96 Å². The van der Waals surface area contributed by atoms with Crippen LogP contribution in [0, 0.1) is 0 Å². The van der Waals surface area contributed by atoms with E-state index in [0.29, 0.717) is 12.6 Å². The van der Waals surface area contributed by atoms with Gasteiger partial charge < -0.3 is 19.9 Å². The van der Waals surface area contributed by atoms with Gasteiger partial charge in [0.25, 0.3) is 0 Å². The monoisotopic (exact) mass is 567 g/mol. The number of rotatable bonds is 7. The molecule has 1 N–H and O–H groups in total. The molecule has 0 saturated carbocycles. The Kier molecular flexibility index (Phi) is 9.54. The van der Waals surface area contributed by atoms with Gasteiger partial charge in [0.05, 0.1) is 37.5 Å². The standard InChI is InChI=1S/C24H37N7O.HI/c1-5-25-24(26-14-21(28(2)3)20-13-27-29(4)16-20)31-17-22-23(18-31)32-12-11-30(22)15-19-9-7-6-8-10-19;/h6-10,13,16,21-23H,5,11-12,14-15,17-18H2,1-4H3,(H,25,26);1H. The lowest BCUT2D eigenvalue weighted by atomic mass is 10.1. The van der Waals surface area contributed by atoms with Crippen LogP contribution in [0.3, 0.4) is 0 Å². The number of benzene rings is 1. The summed E-state index contributed by atoms with van der Waals surface area (Å²) in [4.78, 5) is 12.2. The summed E-state index contributed by atoms with van der Waals surface area (Å²) in [6, 6.07) is 11.3. The zero-order valence-electron chi connectivity index (χ0n) is 20.2. The number of hydrogen-bond acceptors (Lipinski definition) is 5. The Morgan fingerprint density at radius 2 is 2.06 bits per heavy atom. The summed E-state index contributed by atoms with van der Waals surface area (Å²) >= 11 is 0. The van der Waals surface area contributed by atoms with Gasteiger partial charge >= 0.3 is 0 Å². The summed E-state index contributed by atoms with van der Waals surface area (Å²) < 4.78 is 8.03. The van der Waals surface area contributed by atoms with Crippen LogP contribution in [-0.4, -0.2) is 96.0 Å². The van der Waals surface area contributed by atoms with Gasteiger partial charge in [-0.15, -0.1) is 24.0 Å². The lowest BCUT2D eigenvalue weighted by Crippen LogP contribution is -2.50. The molecule has 3 unspecified atom stereocenters. The predicted molar refractivity (Wildman–Crippen MR) is 143 cm³/mol. The second-order valence-electron chi connectivity index (χ2n) is 8.96. The van der Waals surface area contributed by atoms with Crippen molar-refractivity contribution in [3.63, 3.8) is 0 Å². The molecule has 9 heteroatoms. The van der Waals surface area contributed by atoms with Gasteiger partial charge in [-0.3, -0.25) is 14.6 Å². The number of morpholine rings is 1. The molecule has 1 aromatic heterocycles. The molecule has 3 atom stereocenters. The molecular weight excluding hydrogens is 529 g/mol. The fraction of sp³-hybridized carbons (Fsp3) is 0.583. The lowest BCUT2D eigenvalue weighted by Gasteiger charge is -2.36. The molecule has 3 heterocycles. The van der Waals surface area contributed by atoms with E-state index in [9.17, 15) is 0 Å². The number of aryl methyl sites for hydroxylation is 1. The van der Waals surface area contributed by atoms with Crippen LogP contribution in [0.5, 0.6) is 0 Å². The van der Waals surface area contributed by atoms with Crippen molar-refractivity contribution >= 4 is 29.9 Å². The molecule has 182 valence electrons. The van der Waals surface area contributed by atoms with E-state index in [1.807, 2.05) is 17.9 Å². The summed E-state index contributed by atoms with van der Waals surface area (Å²) in [5.41, 5.74) is 2.54. The molecule has 0 aliphatic carbocycles. The van der Waals surface area contributed by atoms with E-state index in [-0.39, 0.29) is 36.1 Å². The van der Waals surface area contributed by atoms with Gasteiger partial charge in [-0.25, -0.2) is 0 Å². The van der Waals surface area contributed by atoms with Crippen molar-refractivity contribution in [1.29, 1.82) is 0 Å². The van der Waals surface area contributed by atoms with E-state index in [1.165, 1.54) is 11.1 Å². The molecule has 2 aliphatic rings. The molecule has 0 radical (unpaired) electrons. The first kappa shape index (κ1) is 25.9. The highest BCUT2D eigenvalue weighted by Crippen LogP contribution is 2.25. The molecule has 2 saturated heterocycles. The molecule has 2 fully saturated rings. The second-order valence-corrected chi connectivity index (χ2v) is 8.96. The minimum atomic E-state index is 0. The van der Waals surface area contributed by atoms with Crippen LogP contribution in [0.25, 0.3) is 0 Å². The number of aliphatic imine (C=N–C) groups is 1. The smallest absolute Gasteiger partial charge is 0.194 e. The number of aromatic nitrogens is 2. The van der Waals surface area contributed by atoms with Crippen molar-refractivity contribution in [3.8, 4) is 0 Å². The van der Waals surface area contributed by atoms with Gasteiger partial charge in [-0.2, -0.15) is 5.10 Å². The number of ether oxygens (including phenoxy) is 1. The first-order chi connectivity index (χ1) is 15.5. The number of likely N-dealkylation sites (N-methyl/N-ethyl adjacent to an activating group) is 1. The molecule has 0 bridgehead atoms. The minimum absolute atomic E-state index is 0. The molecule has 2 aromatic rings. The van der Waals surface area contributed by atoms with Crippen molar-refractivity contribution in [2.24, 2.45) is 12.0 Å². The van der Waals surface area contributed by atoms with E-state index < -0.39 is 0 Å². The summed E-state index contributed by atoms with van der Waals surface area (Å²) in [5.74, 6) is 0.973. The Hall–Kier alpha value is -1.69. The van der Waals surface area contributed by atoms with E-state index >= 15 is 0 Å². The van der Waals surface area contributed by atoms with Crippen LogP contribution in [0.15, 0.2) is 47.7 Å². The SMILES string of the molecule is CCNC(=NCC(c1cnn(C)c1)N(C)C)N1CC2OCCN(Cc3ccccc3)C2C1.I. The molecule has 0 spiro atoms. The first-order valence-corrected chi connectivity index (χ1v) is 11.6.